The number of likely N-dealkylation sites (N-methyl/N-ethyl adjacent to an activating group) is 1. The van der Waals surface area contributed by atoms with Crippen LogP contribution in [0.3, 0.4) is 0 Å². The third kappa shape index (κ3) is 2.62. The van der Waals surface area contributed by atoms with Gasteiger partial charge in [0.1, 0.15) is 11.4 Å². The fourth-order valence-electron chi connectivity index (χ4n) is 4.99. The van der Waals surface area contributed by atoms with Crippen molar-refractivity contribution in [1.29, 1.82) is 0 Å². The molecule has 2 aliphatic heterocycles. The number of furan rings is 1. The molecule has 0 bridgehead atoms. The average Bonchev–Trinajstić information content (AvgIpc) is 3.42. The Hall–Kier alpha value is -2.77. The van der Waals surface area contributed by atoms with E-state index in [1.807, 2.05) is 30.1 Å². The van der Waals surface area contributed by atoms with Crippen molar-refractivity contribution in [3.8, 4) is 0 Å². The molecule has 1 N–H and O–H groups in total. The zero-order chi connectivity index (χ0) is 21.0. The predicted molar refractivity (Wildman–Crippen MR) is 113 cm³/mol. The summed E-state index contributed by atoms with van der Waals surface area (Å²) in [5.74, 6) is -1.69. The average molecular weight is 469 g/mol. The van der Waals surface area contributed by atoms with Gasteiger partial charge in [0, 0.05) is 28.2 Å². The van der Waals surface area contributed by atoms with Gasteiger partial charge in [-0.2, -0.15) is 0 Å². The molecule has 152 valence electrons. The van der Waals surface area contributed by atoms with Gasteiger partial charge in [0.25, 0.3) is 0 Å². The fraction of sp³-hybridized carbons (Fsp3) is 0.217. The van der Waals surface area contributed by atoms with Crippen LogP contribution in [-0.2, 0) is 10.3 Å². The normalized spacial score (nSPS) is 25.5. The van der Waals surface area contributed by atoms with E-state index in [2.05, 4.69) is 21.2 Å². The summed E-state index contributed by atoms with van der Waals surface area (Å²) < 4.78 is 19.8. The summed E-state index contributed by atoms with van der Waals surface area (Å²) in [7, 11) is 1.85. The zero-order valence-electron chi connectivity index (χ0n) is 16.1. The molecule has 1 fully saturated rings. The number of Topliss-reactive ketones (excluding diaryl/α,β-unsaturated/α-hetero) is 1. The van der Waals surface area contributed by atoms with Crippen molar-refractivity contribution >= 4 is 33.3 Å². The molecule has 1 amide bonds. The molecule has 0 saturated carbocycles. The lowest BCUT2D eigenvalue weighted by molar-refractivity contribution is -0.126. The Bertz CT molecular complexity index is 1150. The minimum absolute atomic E-state index is 0.207. The maximum atomic E-state index is 13.7. The number of nitrogens with zero attached hydrogens (tertiary/aromatic N) is 1. The highest BCUT2D eigenvalue weighted by Crippen LogP contribution is 2.56. The summed E-state index contributed by atoms with van der Waals surface area (Å²) in [5, 5.41) is 2.95. The molecule has 2 aliphatic rings. The first kappa shape index (κ1) is 19.2. The summed E-state index contributed by atoms with van der Waals surface area (Å²) >= 11 is 3.50. The first-order chi connectivity index (χ1) is 14.4. The molecule has 5 nitrogen and oxygen atoms in total. The van der Waals surface area contributed by atoms with Gasteiger partial charge in [-0.3, -0.25) is 14.5 Å². The highest BCUT2D eigenvalue weighted by molar-refractivity contribution is 9.10. The number of ketones is 1. The Morgan fingerprint density at radius 1 is 1.23 bits per heavy atom. The smallest absolute Gasteiger partial charge is 0.250 e. The molecule has 0 aliphatic carbocycles. The number of anilines is 1. The number of amides is 1. The minimum atomic E-state index is -1.19. The Morgan fingerprint density at radius 2 is 2.00 bits per heavy atom. The quantitative estimate of drug-likeness (QED) is 0.572. The van der Waals surface area contributed by atoms with Crippen molar-refractivity contribution < 1.29 is 18.4 Å². The Balaban J connectivity index is 1.74. The number of hydrogen-bond donors (Lipinski definition) is 1. The van der Waals surface area contributed by atoms with Crippen molar-refractivity contribution in [2.75, 3.05) is 18.9 Å². The van der Waals surface area contributed by atoms with Crippen LogP contribution < -0.4 is 5.32 Å². The van der Waals surface area contributed by atoms with E-state index in [-0.39, 0.29) is 29.2 Å². The summed E-state index contributed by atoms with van der Waals surface area (Å²) in [5.41, 5.74) is 1.05. The van der Waals surface area contributed by atoms with Crippen LogP contribution in [0.15, 0.2) is 69.8 Å². The van der Waals surface area contributed by atoms with Crippen LogP contribution in [-0.4, -0.2) is 30.2 Å². The van der Waals surface area contributed by atoms with Gasteiger partial charge in [0.2, 0.25) is 11.7 Å². The molecule has 5 rings (SSSR count). The summed E-state index contributed by atoms with van der Waals surface area (Å²) in [6.45, 7) is 0.460. The van der Waals surface area contributed by atoms with E-state index in [0.29, 0.717) is 12.2 Å². The number of benzene rings is 2. The van der Waals surface area contributed by atoms with Gasteiger partial charge in [-0.05, 0) is 55.1 Å². The highest BCUT2D eigenvalue weighted by Gasteiger charge is 2.64. The van der Waals surface area contributed by atoms with Crippen LogP contribution in [0, 0.1) is 11.7 Å². The molecule has 7 heteroatoms. The van der Waals surface area contributed by atoms with Gasteiger partial charge in [-0.15, -0.1) is 0 Å². The minimum Gasteiger partial charge on any atom is -0.461 e. The highest BCUT2D eigenvalue weighted by atomic mass is 79.9. The number of hydrogen-bond acceptors (Lipinski definition) is 4. The summed E-state index contributed by atoms with van der Waals surface area (Å²) in [4.78, 5) is 29.1. The number of rotatable bonds is 3. The largest absolute Gasteiger partial charge is 0.461 e. The number of carbonyl (C=O) groups is 2. The Labute approximate surface area is 181 Å². The van der Waals surface area contributed by atoms with Crippen molar-refractivity contribution in [2.45, 2.75) is 11.5 Å². The lowest BCUT2D eigenvalue weighted by Gasteiger charge is -2.35. The van der Waals surface area contributed by atoms with Crippen LogP contribution in [0.4, 0.5) is 10.1 Å². The molecule has 3 aromatic rings. The number of carbonyl (C=O) groups excluding carboxylic acids is 2. The molecular weight excluding hydrogens is 451 g/mol. The van der Waals surface area contributed by atoms with Crippen molar-refractivity contribution in [3.05, 3.63) is 88.0 Å². The molecule has 3 atom stereocenters. The second-order valence-electron chi connectivity index (χ2n) is 7.77. The van der Waals surface area contributed by atoms with Gasteiger partial charge < -0.3 is 9.73 Å². The SMILES string of the molecule is CN1C[C@H](c2ccc(F)cc2)[C@@H](C(=O)c2ccco2)[C@@]12C(=O)Nc1ccc(Br)cc12. The Morgan fingerprint density at radius 3 is 2.70 bits per heavy atom. The van der Waals surface area contributed by atoms with E-state index >= 15 is 0 Å². The zero-order valence-corrected chi connectivity index (χ0v) is 17.6. The van der Waals surface area contributed by atoms with Gasteiger partial charge in [-0.1, -0.05) is 28.1 Å². The maximum absolute atomic E-state index is 13.7. The van der Waals surface area contributed by atoms with Crippen molar-refractivity contribution in [1.82, 2.24) is 4.90 Å². The van der Waals surface area contributed by atoms with E-state index < -0.39 is 11.5 Å². The molecule has 2 aromatic carbocycles. The van der Waals surface area contributed by atoms with Crippen LogP contribution in [0.1, 0.15) is 27.6 Å². The number of likely N-dealkylation sites (tertiary alicyclic amines) is 1. The number of fused-ring (bicyclic) bond motifs is 2. The summed E-state index contributed by atoms with van der Waals surface area (Å²) in [6.07, 6.45) is 1.45. The lowest BCUT2D eigenvalue weighted by Crippen LogP contribution is -2.51. The topological polar surface area (TPSA) is 62.6 Å². The molecule has 1 saturated heterocycles. The van der Waals surface area contributed by atoms with E-state index in [9.17, 15) is 14.0 Å². The molecular formula is C23H18BrFN2O3. The van der Waals surface area contributed by atoms with E-state index in [4.69, 9.17) is 4.42 Å². The number of halogens is 2. The molecule has 3 heterocycles. The van der Waals surface area contributed by atoms with E-state index in [0.717, 1.165) is 15.6 Å². The standard InChI is InChI=1S/C23H18BrFN2O3/c1-27-12-16(13-4-7-15(25)8-5-13)20(21(28)19-3-2-10-30-19)23(27)17-11-14(24)6-9-18(17)26-22(23)29/h2-11,16,20H,12H2,1H3,(H,26,29)/t16-,20+,23+/m1/s1. The lowest BCUT2D eigenvalue weighted by atomic mass is 9.71. The predicted octanol–water partition coefficient (Wildman–Crippen LogP) is 4.56. The first-order valence-corrected chi connectivity index (χ1v) is 10.4. The summed E-state index contributed by atoms with van der Waals surface area (Å²) in [6, 6.07) is 15.0. The number of nitrogens with one attached hydrogen (secondary N) is 1. The maximum Gasteiger partial charge on any atom is 0.250 e. The van der Waals surface area contributed by atoms with Gasteiger partial charge in [-0.25, -0.2) is 4.39 Å². The van der Waals surface area contributed by atoms with Crippen LogP contribution in [0.5, 0.6) is 0 Å². The second-order valence-corrected chi connectivity index (χ2v) is 8.68. The van der Waals surface area contributed by atoms with E-state index in [1.54, 1.807) is 24.3 Å². The van der Waals surface area contributed by atoms with Crippen molar-refractivity contribution in [3.63, 3.8) is 0 Å². The Kier molecular flexibility index (Phi) is 4.41. The van der Waals surface area contributed by atoms with E-state index in [1.165, 1.54) is 18.4 Å². The van der Waals surface area contributed by atoms with Crippen LogP contribution in [0.2, 0.25) is 0 Å². The van der Waals surface area contributed by atoms with Crippen LogP contribution >= 0.6 is 15.9 Å². The molecule has 1 spiro atoms. The van der Waals surface area contributed by atoms with Gasteiger partial charge in [0.15, 0.2) is 5.76 Å². The third-order valence-electron chi connectivity index (χ3n) is 6.26. The third-order valence-corrected chi connectivity index (χ3v) is 6.75. The van der Waals surface area contributed by atoms with Gasteiger partial charge in [0.05, 0.1) is 12.2 Å². The second kappa shape index (κ2) is 6.89. The first-order valence-electron chi connectivity index (χ1n) is 9.59. The van der Waals surface area contributed by atoms with Gasteiger partial charge >= 0.3 is 0 Å². The molecule has 1 aromatic heterocycles. The molecule has 0 radical (unpaired) electrons. The monoisotopic (exact) mass is 468 g/mol. The fourth-order valence-corrected chi connectivity index (χ4v) is 5.35. The molecule has 0 unspecified atom stereocenters. The van der Waals surface area contributed by atoms with Crippen molar-refractivity contribution in [2.24, 2.45) is 5.92 Å². The molecule has 30 heavy (non-hydrogen) atoms. The van der Waals surface area contributed by atoms with Crippen LogP contribution in [0.25, 0.3) is 0 Å².